The van der Waals surface area contributed by atoms with Gasteiger partial charge in [0.2, 0.25) is 10.0 Å². The molecule has 0 N–H and O–H groups in total. The van der Waals surface area contributed by atoms with Gasteiger partial charge in [0.1, 0.15) is 10.6 Å². The van der Waals surface area contributed by atoms with E-state index in [1.54, 1.807) is 13.8 Å². The number of rotatable bonds is 3. The molecule has 7 nitrogen and oxygen atoms in total. The van der Waals surface area contributed by atoms with Crippen molar-refractivity contribution in [3.63, 3.8) is 0 Å². The molecule has 2 fully saturated rings. The third kappa shape index (κ3) is 2.73. The number of hydrogen-bond acceptors (Lipinski definition) is 6. The highest BCUT2D eigenvalue weighted by Gasteiger charge is 2.37. The molecule has 2 aliphatic rings. The highest BCUT2D eigenvalue weighted by molar-refractivity contribution is 7.89. The van der Waals surface area contributed by atoms with Crippen LogP contribution in [0, 0.1) is 19.8 Å². The van der Waals surface area contributed by atoms with Crippen LogP contribution in [-0.4, -0.2) is 50.5 Å². The molecule has 1 aromatic heterocycles. The van der Waals surface area contributed by atoms with E-state index in [-0.39, 0.29) is 17.1 Å². The monoisotopic (exact) mass is 316 g/mol. The van der Waals surface area contributed by atoms with Gasteiger partial charge in [0.05, 0.1) is 13.2 Å². The summed E-state index contributed by atoms with van der Waals surface area (Å²) < 4.78 is 42.9. The van der Waals surface area contributed by atoms with Crippen LogP contribution in [0.2, 0.25) is 0 Å². The lowest BCUT2D eigenvalue weighted by atomic mass is 9.98. The number of hydrogen-bond donors (Lipinski definition) is 0. The summed E-state index contributed by atoms with van der Waals surface area (Å²) in [5, 5.41) is 3.73. The second-order valence-electron chi connectivity index (χ2n) is 5.50. The fraction of sp³-hybridized carbons (Fsp3) is 0.769. The molecule has 0 spiro atoms. The molecule has 21 heavy (non-hydrogen) atoms. The molecule has 0 aromatic carbocycles. The normalized spacial score (nSPS) is 23.0. The smallest absolute Gasteiger partial charge is 0.248 e. The van der Waals surface area contributed by atoms with E-state index >= 15 is 0 Å². The molecule has 0 radical (unpaired) electrons. The van der Waals surface area contributed by atoms with E-state index in [4.69, 9.17) is 14.0 Å². The standard InChI is InChI=1S/C13H20N2O5S/c1-9-12(10(2)20-14-9)21(16,17)15-5-3-11(4-6-15)13-18-7-8-19-13/h11,13H,3-8H2,1-2H3. The van der Waals surface area contributed by atoms with E-state index < -0.39 is 10.0 Å². The number of ether oxygens (including phenoxy) is 2. The van der Waals surface area contributed by atoms with Gasteiger partial charge in [-0.05, 0) is 26.7 Å². The summed E-state index contributed by atoms with van der Waals surface area (Å²) in [6, 6.07) is 0. The van der Waals surface area contributed by atoms with Crippen LogP contribution >= 0.6 is 0 Å². The summed E-state index contributed by atoms with van der Waals surface area (Å²) in [6.45, 7) is 5.47. The molecule has 3 heterocycles. The molecule has 0 bridgehead atoms. The van der Waals surface area contributed by atoms with Crippen LogP contribution in [0.5, 0.6) is 0 Å². The van der Waals surface area contributed by atoms with Crippen molar-refractivity contribution in [3.05, 3.63) is 11.5 Å². The van der Waals surface area contributed by atoms with Gasteiger partial charge in [-0.3, -0.25) is 0 Å². The van der Waals surface area contributed by atoms with E-state index in [0.717, 1.165) is 12.8 Å². The second kappa shape index (κ2) is 5.68. The molecule has 0 saturated carbocycles. The first-order valence-electron chi connectivity index (χ1n) is 7.16. The number of sulfonamides is 1. The maximum absolute atomic E-state index is 12.7. The minimum absolute atomic E-state index is 0.172. The summed E-state index contributed by atoms with van der Waals surface area (Å²) in [7, 11) is -3.53. The lowest BCUT2D eigenvalue weighted by Crippen LogP contribution is -2.41. The summed E-state index contributed by atoms with van der Waals surface area (Å²) in [6.07, 6.45) is 1.31. The highest BCUT2D eigenvalue weighted by Crippen LogP contribution is 2.30. The van der Waals surface area contributed by atoms with Crippen LogP contribution in [0.15, 0.2) is 9.42 Å². The van der Waals surface area contributed by atoms with Gasteiger partial charge >= 0.3 is 0 Å². The predicted molar refractivity (Wildman–Crippen MR) is 73.2 cm³/mol. The van der Waals surface area contributed by atoms with E-state index in [2.05, 4.69) is 5.16 Å². The lowest BCUT2D eigenvalue weighted by molar-refractivity contribution is -0.0938. The zero-order valence-corrected chi connectivity index (χ0v) is 13.1. The number of aromatic nitrogens is 1. The Morgan fingerprint density at radius 3 is 2.29 bits per heavy atom. The Morgan fingerprint density at radius 2 is 1.76 bits per heavy atom. The van der Waals surface area contributed by atoms with Crippen molar-refractivity contribution in [3.8, 4) is 0 Å². The van der Waals surface area contributed by atoms with Crippen molar-refractivity contribution >= 4 is 10.0 Å². The van der Waals surface area contributed by atoms with Crippen molar-refractivity contribution in [2.75, 3.05) is 26.3 Å². The summed E-state index contributed by atoms with van der Waals surface area (Å²) in [5.41, 5.74) is 0.414. The Morgan fingerprint density at radius 1 is 1.14 bits per heavy atom. The molecule has 118 valence electrons. The molecule has 0 unspecified atom stereocenters. The Hall–Kier alpha value is -0.960. The quantitative estimate of drug-likeness (QED) is 0.829. The van der Waals surface area contributed by atoms with Gasteiger partial charge in [0.25, 0.3) is 0 Å². The minimum Gasteiger partial charge on any atom is -0.360 e. The first-order valence-corrected chi connectivity index (χ1v) is 8.60. The topological polar surface area (TPSA) is 81.9 Å². The van der Waals surface area contributed by atoms with Crippen molar-refractivity contribution in [2.24, 2.45) is 5.92 Å². The summed E-state index contributed by atoms with van der Waals surface area (Å²) >= 11 is 0. The fourth-order valence-electron chi connectivity index (χ4n) is 3.01. The average molecular weight is 316 g/mol. The van der Waals surface area contributed by atoms with Crippen molar-refractivity contribution in [1.82, 2.24) is 9.46 Å². The van der Waals surface area contributed by atoms with Crippen LogP contribution in [0.4, 0.5) is 0 Å². The Labute approximate surface area is 124 Å². The molecule has 0 atom stereocenters. The third-order valence-electron chi connectivity index (χ3n) is 4.10. The molecular formula is C13H20N2O5S. The first kappa shape index (κ1) is 15.0. The van der Waals surface area contributed by atoms with Gasteiger partial charge in [0.15, 0.2) is 12.1 Å². The van der Waals surface area contributed by atoms with Crippen molar-refractivity contribution in [2.45, 2.75) is 37.9 Å². The van der Waals surface area contributed by atoms with Crippen LogP contribution < -0.4 is 0 Å². The SMILES string of the molecule is Cc1noc(C)c1S(=O)(=O)N1CCC(C2OCCO2)CC1. The molecule has 2 saturated heterocycles. The number of piperidine rings is 1. The van der Waals surface area contributed by atoms with Gasteiger partial charge in [-0.15, -0.1) is 0 Å². The van der Waals surface area contributed by atoms with Crippen molar-refractivity contribution < 1.29 is 22.4 Å². The van der Waals surface area contributed by atoms with Gasteiger partial charge in [0, 0.05) is 19.0 Å². The fourth-order valence-corrected chi connectivity index (χ4v) is 4.77. The van der Waals surface area contributed by atoms with Gasteiger partial charge in [-0.1, -0.05) is 5.16 Å². The zero-order chi connectivity index (χ0) is 15.0. The Balaban J connectivity index is 1.71. The van der Waals surface area contributed by atoms with E-state index in [1.165, 1.54) is 4.31 Å². The van der Waals surface area contributed by atoms with Crippen LogP contribution in [0.25, 0.3) is 0 Å². The molecule has 8 heteroatoms. The average Bonchev–Trinajstić information content (AvgIpc) is 3.09. The first-order chi connectivity index (χ1) is 10.00. The van der Waals surface area contributed by atoms with Gasteiger partial charge in [-0.25, -0.2) is 8.42 Å². The molecule has 0 amide bonds. The summed E-state index contributed by atoms with van der Waals surface area (Å²) in [4.78, 5) is 0.203. The zero-order valence-electron chi connectivity index (χ0n) is 12.2. The maximum atomic E-state index is 12.7. The van der Waals surface area contributed by atoms with Crippen LogP contribution in [0.3, 0.4) is 0 Å². The minimum atomic E-state index is -3.53. The number of nitrogens with zero attached hydrogens (tertiary/aromatic N) is 2. The lowest BCUT2D eigenvalue weighted by Gasteiger charge is -2.32. The highest BCUT2D eigenvalue weighted by atomic mass is 32.2. The largest absolute Gasteiger partial charge is 0.360 e. The Bertz CT molecular complexity index is 579. The molecular weight excluding hydrogens is 296 g/mol. The third-order valence-corrected chi connectivity index (χ3v) is 6.24. The van der Waals surface area contributed by atoms with Crippen molar-refractivity contribution in [1.29, 1.82) is 0 Å². The molecule has 0 aliphatic carbocycles. The van der Waals surface area contributed by atoms with E-state index in [9.17, 15) is 8.42 Å². The molecule has 3 rings (SSSR count). The van der Waals surface area contributed by atoms with E-state index in [1.807, 2.05) is 0 Å². The van der Waals surface area contributed by atoms with Gasteiger partial charge < -0.3 is 14.0 Å². The predicted octanol–water partition coefficient (Wildman–Crippen LogP) is 1.07. The van der Waals surface area contributed by atoms with Crippen LogP contribution in [0.1, 0.15) is 24.3 Å². The van der Waals surface area contributed by atoms with Gasteiger partial charge in [-0.2, -0.15) is 4.31 Å². The molecule has 2 aliphatic heterocycles. The van der Waals surface area contributed by atoms with E-state index in [0.29, 0.717) is 37.8 Å². The molecule has 1 aromatic rings. The summed E-state index contributed by atoms with van der Waals surface area (Å²) in [5.74, 6) is 0.612. The van der Waals surface area contributed by atoms with Crippen LogP contribution in [-0.2, 0) is 19.5 Å². The Kier molecular flexibility index (Phi) is 4.04. The second-order valence-corrected chi connectivity index (χ2v) is 7.38. The number of aryl methyl sites for hydroxylation is 2. The maximum Gasteiger partial charge on any atom is 0.248 e.